The summed E-state index contributed by atoms with van der Waals surface area (Å²) in [5.74, 6) is 0.181. The number of rotatable bonds is 6. The molecule has 1 saturated heterocycles. The molecule has 0 aliphatic carbocycles. The Labute approximate surface area is 151 Å². The van der Waals surface area contributed by atoms with E-state index in [0.717, 1.165) is 37.2 Å². The van der Waals surface area contributed by atoms with E-state index < -0.39 is 0 Å². The smallest absolute Gasteiger partial charge is 0.253 e. The first-order chi connectivity index (χ1) is 12.0. The van der Waals surface area contributed by atoms with Crippen molar-refractivity contribution >= 4 is 17.5 Å². The second-order valence-corrected chi connectivity index (χ2v) is 6.95. The van der Waals surface area contributed by atoms with Crippen LogP contribution in [0.2, 0.25) is 0 Å². The minimum absolute atomic E-state index is 0.00369. The molecule has 1 heterocycles. The van der Waals surface area contributed by atoms with Gasteiger partial charge in [-0.05, 0) is 51.0 Å². The fourth-order valence-corrected chi connectivity index (χ4v) is 3.18. The summed E-state index contributed by atoms with van der Waals surface area (Å²) in [6.07, 6.45) is 1.64. The molecule has 0 atom stereocenters. The van der Waals surface area contributed by atoms with Gasteiger partial charge in [0.05, 0.1) is 0 Å². The summed E-state index contributed by atoms with van der Waals surface area (Å²) in [5.41, 5.74) is 1.89. The lowest BCUT2D eigenvalue weighted by atomic mass is 10.0. The fraction of sp³-hybridized carbons (Fsp3) is 0.600. The zero-order valence-corrected chi connectivity index (χ0v) is 15.9. The van der Waals surface area contributed by atoms with Crippen molar-refractivity contribution in [2.45, 2.75) is 46.6 Å². The molecule has 2 amide bonds. The Balaban J connectivity index is 1.91. The summed E-state index contributed by atoms with van der Waals surface area (Å²) < 4.78 is 0. The highest BCUT2D eigenvalue weighted by molar-refractivity contribution is 5.94. The van der Waals surface area contributed by atoms with E-state index in [0.29, 0.717) is 13.1 Å². The molecule has 1 fully saturated rings. The highest BCUT2D eigenvalue weighted by atomic mass is 16.2. The molecule has 5 nitrogen and oxygen atoms in total. The zero-order valence-electron chi connectivity index (χ0n) is 15.9. The molecule has 0 aromatic heterocycles. The largest absolute Gasteiger partial charge is 0.372 e. The van der Waals surface area contributed by atoms with Crippen molar-refractivity contribution in [2.75, 3.05) is 31.1 Å². The van der Waals surface area contributed by atoms with Gasteiger partial charge in [-0.25, -0.2) is 0 Å². The van der Waals surface area contributed by atoms with Crippen LogP contribution in [-0.2, 0) is 4.79 Å². The molecule has 5 heteroatoms. The van der Waals surface area contributed by atoms with Gasteiger partial charge in [0, 0.05) is 49.4 Å². The molecular formula is C20H31N3O2. The van der Waals surface area contributed by atoms with Crippen molar-refractivity contribution in [3.05, 3.63) is 29.8 Å². The van der Waals surface area contributed by atoms with E-state index in [1.807, 2.05) is 43.0 Å². The Kier molecular flexibility index (Phi) is 6.85. The SMILES string of the molecule is CCN(CC)c1ccc(C(=O)N2CCC(NC(=O)C(C)C)CC2)cc1. The van der Waals surface area contributed by atoms with Crippen LogP contribution < -0.4 is 10.2 Å². The van der Waals surface area contributed by atoms with Gasteiger partial charge in [-0.15, -0.1) is 0 Å². The van der Waals surface area contributed by atoms with E-state index >= 15 is 0 Å². The molecule has 1 aromatic rings. The number of hydrogen-bond acceptors (Lipinski definition) is 3. The lowest BCUT2D eigenvalue weighted by Crippen LogP contribution is -2.47. The number of benzene rings is 1. The lowest BCUT2D eigenvalue weighted by molar-refractivity contribution is -0.124. The van der Waals surface area contributed by atoms with Gasteiger partial charge in [0.15, 0.2) is 0 Å². The van der Waals surface area contributed by atoms with Crippen molar-refractivity contribution in [2.24, 2.45) is 5.92 Å². The summed E-state index contributed by atoms with van der Waals surface area (Å²) in [6.45, 7) is 11.4. The van der Waals surface area contributed by atoms with Gasteiger partial charge >= 0.3 is 0 Å². The van der Waals surface area contributed by atoms with Crippen molar-refractivity contribution < 1.29 is 9.59 Å². The van der Waals surface area contributed by atoms with Crippen molar-refractivity contribution in [1.82, 2.24) is 10.2 Å². The van der Waals surface area contributed by atoms with E-state index in [1.54, 1.807) is 0 Å². The van der Waals surface area contributed by atoms with Crippen LogP contribution in [0.3, 0.4) is 0 Å². The fourth-order valence-electron chi connectivity index (χ4n) is 3.18. The van der Waals surface area contributed by atoms with Crippen molar-refractivity contribution in [3.63, 3.8) is 0 Å². The third-order valence-corrected chi connectivity index (χ3v) is 4.90. The van der Waals surface area contributed by atoms with Crippen LogP contribution in [0.1, 0.15) is 50.9 Å². The van der Waals surface area contributed by atoms with E-state index in [4.69, 9.17) is 0 Å². The Hall–Kier alpha value is -2.04. The Bertz CT molecular complexity index is 571. The maximum absolute atomic E-state index is 12.7. The van der Waals surface area contributed by atoms with E-state index in [1.165, 1.54) is 0 Å². The minimum Gasteiger partial charge on any atom is -0.372 e. The summed E-state index contributed by atoms with van der Waals surface area (Å²) in [7, 11) is 0. The average Bonchev–Trinajstić information content (AvgIpc) is 2.63. The summed E-state index contributed by atoms with van der Waals surface area (Å²) in [6, 6.07) is 8.07. The zero-order chi connectivity index (χ0) is 18.4. The van der Waals surface area contributed by atoms with E-state index in [-0.39, 0.29) is 23.8 Å². The number of nitrogens with zero attached hydrogens (tertiary/aromatic N) is 2. The third-order valence-electron chi connectivity index (χ3n) is 4.90. The number of nitrogens with one attached hydrogen (secondary N) is 1. The molecule has 2 rings (SSSR count). The van der Waals surface area contributed by atoms with Crippen molar-refractivity contribution in [1.29, 1.82) is 0 Å². The number of hydrogen-bond donors (Lipinski definition) is 1. The van der Waals surface area contributed by atoms with E-state index in [2.05, 4.69) is 24.1 Å². The van der Waals surface area contributed by atoms with Gasteiger partial charge in [0.25, 0.3) is 5.91 Å². The van der Waals surface area contributed by atoms with Gasteiger partial charge in [0.2, 0.25) is 5.91 Å². The van der Waals surface area contributed by atoms with Gasteiger partial charge in [0.1, 0.15) is 0 Å². The van der Waals surface area contributed by atoms with Gasteiger partial charge in [-0.1, -0.05) is 13.8 Å². The number of carbonyl (C=O) groups is 2. The summed E-state index contributed by atoms with van der Waals surface area (Å²) in [5, 5.41) is 3.07. The first-order valence-electron chi connectivity index (χ1n) is 9.40. The Morgan fingerprint density at radius 2 is 1.68 bits per heavy atom. The van der Waals surface area contributed by atoms with Crippen LogP contribution in [0, 0.1) is 5.92 Å². The summed E-state index contributed by atoms with van der Waals surface area (Å²) >= 11 is 0. The normalized spacial score (nSPS) is 15.3. The molecule has 1 N–H and O–H groups in total. The second-order valence-electron chi connectivity index (χ2n) is 6.95. The van der Waals surface area contributed by atoms with Gasteiger partial charge in [-0.3, -0.25) is 9.59 Å². The Morgan fingerprint density at radius 3 is 2.16 bits per heavy atom. The first-order valence-corrected chi connectivity index (χ1v) is 9.40. The molecule has 1 aliphatic rings. The topological polar surface area (TPSA) is 52.7 Å². The molecule has 0 spiro atoms. The first kappa shape index (κ1) is 19.3. The van der Waals surface area contributed by atoms with Gasteiger partial charge in [-0.2, -0.15) is 0 Å². The van der Waals surface area contributed by atoms with Crippen molar-refractivity contribution in [3.8, 4) is 0 Å². The van der Waals surface area contributed by atoms with Crippen LogP contribution in [0.4, 0.5) is 5.69 Å². The maximum Gasteiger partial charge on any atom is 0.253 e. The molecule has 138 valence electrons. The van der Waals surface area contributed by atoms with Crippen LogP contribution in [-0.4, -0.2) is 48.9 Å². The van der Waals surface area contributed by atoms with Crippen LogP contribution in [0.15, 0.2) is 24.3 Å². The second kappa shape index (κ2) is 8.88. The molecule has 1 aliphatic heterocycles. The molecular weight excluding hydrogens is 314 g/mol. The quantitative estimate of drug-likeness (QED) is 0.862. The highest BCUT2D eigenvalue weighted by Crippen LogP contribution is 2.18. The minimum atomic E-state index is 0.00369. The monoisotopic (exact) mass is 345 g/mol. The molecule has 25 heavy (non-hydrogen) atoms. The van der Waals surface area contributed by atoms with Crippen LogP contribution in [0.5, 0.6) is 0 Å². The number of carbonyl (C=O) groups excluding carboxylic acids is 2. The van der Waals surface area contributed by atoms with Crippen LogP contribution >= 0.6 is 0 Å². The highest BCUT2D eigenvalue weighted by Gasteiger charge is 2.25. The standard InChI is InChI=1S/C20H31N3O2/c1-5-22(6-2)18-9-7-16(8-10-18)20(25)23-13-11-17(12-14-23)21-19(24)15(3)4/h7-10,15,17H,5-6,11-14H2,1-4H3,(H,21,24). The maximum atomic E-state index is 12.7. The third kappa shape index (κ3) is 4.97. The molecule has 0 unspecified atom stereocenters. The molecule has 0 radical (unpaired) electrons. The van der Waals surface area contributed by atoms with Gasteiger partial charge < -0.3 is 15.1 Å². The van der Waals surface area contributed by atoms with Crippen LogP contribution in [0.25, 0.3) is 0 Å². The average molecular weight is 345 g/mol. The van der Waals surface area contributed by atoms with E-state index in [9.17, 15) is 9.59 Å². The predicted molar refractivity (Wildman–Crippen MR) is 102 cm³/mol. The number of likely N-dealkylation sites (tertiary alicyclic amines) is 1. The predicted octanol–water partition coefficient (Wildman–Crippen LogP) is 2.91. The molecule has 1 aromatic carbocycles. The number of anilines is 1. The molecule has 0 bridgehead atoms. The Morgan fingerprint density at radius 1 is 1.12 bits per heavy atom. The lowest BCUT2D eigenvalue weighted by Gasteiger charge is -2.33. The molecule has 0 saturated carbocycles. The summed E-state index contributed by atoms with van der Waals surface area (Å²) in [4.78, 5) is 28.6. The number of piperidine rings is 1. The number of amides is 2.